The van der Waals surface area contributed by atoms with Crippen LogP contribution in [0.15, 0.2) is 0 Å². The van der Waals surface area contributed by atoms with E-state index in [2.05, 4.69) is 12.0 Å². The largest absolute Gasteiger partial charge is 0.319 e. The minimum atomic E-state index is -0.677. The summed E-state index contributed by atoms with van der Waals surface area (Å²) in [6.45, 7) is 4.04. The van der Waals surface area contributed by atoms with E-state index >= 15 is 0 Å². The van der Waals surface area contributed by atoms with Crippen LogP contribution in [0.4, 0.5) is 0 Å². The maximum absolute atomic E-state index is 12.5. The topological polar surface area (TPSA) is 60.9 Å². The van der Waals surface area contributed by atoms with Crippen molar-refractivity contribution < 1.29 is 4.79 Å². The highest BCUT2D eigenvalue weighted by molar-refractivity contribution is 6.30. The number of Topliss-reactive ketones (excluding diaryl/α,β-unsaturated/α-hetero) is 1. The Labute approximate surface area is 119 Å². The van der Waals surface area contributed by atoms with E-state index in [1.165, 1.54) is 6.42 Å². The Morgan fingerprint density at radius 2 is 2.32 bits per heavy atom. The number of nitrogens with two attached hydrogens (primary N) is 1. The van der Waals surface area contributed by atoms with Gasteiger partial charge in [-0.1, -0.05) is 31.4 Å². The van der Waals surface area contributed by atoms with Gasteiger partial charge in [0.05, 0.1) is 11.2 Å². The number of rotatable bonds is 3. The number of aromatic nitrogens is 2. The van der Waals surface area contributed by atoms with Crippen molar-refractivity contribution in [2.75, 3.05) is 0 Å². The molecule has 1 aromatic heterocycles. The molecule has 4 nitrogen and oxygen atoms in total. The van der Waals surface area contributed by atoms with E-state index in [1.807, 2.05) is 6.92 Å². The van der Waals surface area contributed by atoms with Gasteiger partial charge in [-0.15, -0.1) is 0 Å². The Bertz CT molecular complexity index is 497. The maximum Gasteiger partial charge on any atom is 0.157 e. The Morgan fingerprint density at radius 1 is 1.63 bits per heavy atom. The lowest BCUT2D eigenvalue weighted by atomic mass is 9.73. The zero-order valence-corrected chi connectivity index (χ0v) is 12.6. The summed E-state index contributed by atoms with van der Waals surface area (Å²) >= 11 is 6.18. The van der Waals surface area contributed by atoms with Crippen LogP contribution in [-0.2, 0) is 18.3 Å². The molecule has 0 spiro atoms. The van der Waals surface area contributed by atoms with Crippen molar-refractivity contribution in [3.63, 3.8) is 0 Å². The summed E-state index contributed by atoms with van der Waals surface area (Å²) in [5.74, 6) is 0.616. The molecule has 5 heteroatoms. The fourth-order valence-corrected chi connectivity index (χ4v) is 3.30. The lowest BCUT2D eigenvalue weighted by molar-refractivity contribution is -0.125. The molecule has 0 amide bonds. The number of carbonyl (C=O) groups excluding carboxylic acids is 1. The van der Waals surface area contributed by atoms with Gasteiger partial charge in [-0.2, -0.15) is 5.10 Å². The minimum absolute atomic E-state index is 0.0945. The normalized spacial score (nSPS) is 27.5. The minimum Gasteiger partial charge on any atom is -0.319 e. The molecule has 2 atom stereocenters. The molecule has 2 N–H and O–H groups in total. The van der Waals surface area contributed by atoms with Crippen LogP contribution in [-0.4, -0.2) is 21.1 Å². The highest BCUT2D eigenvalue weighted by Gasteiger charge is 2.38. The number of nitrogens with zero attached hydrogens (tertiary/aromatic N) is 2. The molecule has 1 aliphatic carbocycles. The Balaban J connectivity index is 2.16. The van der Waals surface area contributed by atoms with Crippen LogP contribution in [0.1, 0.15) is 43.9 Å². The molecule has 2 rings (SSSR count). The Kier molecular flexibility index (Phi) is 4.02. The molecule has 0 aliphatic heterocycles. The number of carbonyl (C=O) groups is 1. The summed E-state index contributed by atoms with van der Waals surface area (Å²) in [5, 5.41) is 4.78. The fourth-order valence-electron chi connectivity index (χ4n) is 3.06. The number of aryl methyl sites for hydroxylation is 2. The molecule has 1 aliphatic rings. The predicted octanol–water partition coefficient (Wildman–Crippen LogP) is 2.40. The highest BCUT2D eigenvalue weighted by Crippen LogP contribution is 2.32. The lowest BCUT2D eigenvalue weighted by Crippen LogP contribution is -2.51. The van der Waals surface area contributed by atoms with Crippen molar-refractivity contribution in [3.05, 3.63) is 16.4 Å². The maximum atomic E-state index is 12.5. The molecule has 0 saturated heterocycles. The van der Waals surface area contributed by atoms with Gasteiger partial charge in [0.2, 0.25) is 0 Å². The number of hydrogen-bond donors (Lipinski definition) is 1. The third-order valence-corrected chi connectivity index (χ3v) is 4.67. The monoisotopic (exact) mass is 283 g/mol. The number of halogens is 1. The van der Waals surface area contributed by atoms with Crippen LogP contribution in [0.5, 0.6) is 0 Å². The standard InChI is InChI=1S/C14H22ClN3O/c1-9-5-4-6-14(16,8-9)12(19)7-11-10(2)17-18(3)13(11)15/h9H,4-8,16H2,1-3H3. The zero-order valence-electron chi connectivity index (χ0n) is 11.9. The van der Waals surface area contributed by atoms with Crippen LogP contribution in [0, 0.1) is 12.8 Å². The van der Waals surface area contributed by atoms with Crippen molar-refractivity contribution in [3.8, 4) is 0 Å². The van der Waals surface area contributed by atoms with Gasteiger partial charge in [-0.05, 0) is 25.7 Å². The molecule has 1 fully saturated rings. The first kappa shape index (κ1) is 14.5. The number of hydrogen-bond acceptors (Lipinski definition) is 3. The van der Waals surface area contributed by atoms with Crippen LogP contribution in [0.2, 0.25) is 5.15 Å². The van der Waals surface area contributed by atoms with Crippen LogP contribution in [0.3, 0.4) is 0 Å². The fraction of sp³-hybridized carbons (Fsp3) is 0.714. The molecular formula is C14H22ClN3O. The second-order valence-corrected chi connectivity index (χ2v) is 6.29. The summed E-state index contributed by atoms with van der Waals surface area (Å²) in [7, 11) is 1.78. The smallest absolute Gasteiger partial charge is 0.157 e. The molecule has 19 heavy (non-hydrogen) atoms. The zero-order chi connectivity index (χ0) is 14.2. The Morgan fingerprint density at radius 3 is 2.84 bits per heavy atom. The quantitative estimate of drug-likeness (QED) is 0.927. The summed E-state index contributed by atoms with van der Waals surface area (Å²) in [6, 6.07) is 0. The molecule has 0 bridgehead atoms. The predicted molar refractivity (Wildman–Crippen MR) is 76.2 cm³/mol. The van der Waals surface area contributed by atoms with E-state index in [0.29, 0.717) is 17.5 Å². The van der Waals surface area contributed by atoms with Gasteiger partial charge in [0.1, 0.15) is 5.15 Å². The van der Waals surface area contributed by atoms with E-state index in [0.717, 1.165) is 30.5 Å². The van der Waals surface area contributed by atoms with E-state index in [-0.39, 0.29) is 5.78 Å². The first-order valence-corrected chi connectivity index (χ1v) is 7.21. The third-order valence-electron chi connectivity index (χ3n) is 4.20. The van der Waals surface area contributed by atoms with E-state index < -0.39 is 5.54 Å². The molecule has 1 saturated carbocycles. The second-order valence-electron chi connectivity index (χ2n) is 5.94. The summed E-state index contributed by atoms with van der Waals surface area (Å²) in [4.78, 5) is 12.5. The van der Waals surface area contributed by atoms with Crippen LogP contribution in [0.25, 0.3) is 0 Å². The van der Waals surface area contributed by atoms with Gasteiger partial charge >= 0.3 is 0 Å². The van der Waals surface area contributed by atoms with Gasteiger partial charge in [0.15, 0.2) is 5.78 Å². The number of ketones is 1. The van der Waals surface area contributed by atoms with Crippen molar-refractivity contribution in [2.45, 2.75) is 51.5 Å². The van der Waals surface area contributed by atoms with Crippen molar-refractivity contribution in [2.24, 2.45) is 18.7 Å². The molecule has 2 unspecified atom stereocenters. The molecular weight excluding hydrogens is 262 g/mol. The van der Waals surface area contributed by atoms with Crippen molar-refractivity contribution in [1.29, 1.82) is 0 Å². The molecule has 1 aromatic rings. The summed E-state index contributed by atoms with van der Waals surface area (Å²) < 4.78 is 1.60. The van der Waals surface area contributed by atoms with Gasteiger partial charge in [-0.3, -0.25) is 9.48 Å². The second kappa shape index (κ2) is 5.25. The van der Waals surface area contributed by atoms with Gasteiger partial charge < -0.3 is 5.73 Å². The van der Waals surface area contributed by atoms with Crippen LogP contribution >= 0.6 is 11.6 Å². The van der Waals surface area contributed by atoms with Gasteiger partial charge in [-0.25, -0.2) is 0 Å². The molecule has 106 valence electrons. The van der Waals surface area contributed by atoms with Crippen molar-refractivity contribution >= 4 is 17.4 Å². The average Bonchev–Trinajstić information content (AvgIpc) is 2.55. The SMILES string of the molecule is Cc1nn(C)c(Cl)c1CC(=O)C1(N)CCCC(C)C1. The van der Waals surface area contributed by atoms with Gasteiger partial charge in [0, 0.05) is 19.0 Å². The van der Waals surface area contributed by atoms with E-state index in [1.54, 1.807) is 11.7 Å². The molecule has 0 aromatic carbocycles. The molecule has 0 radical (unpaired) electrons. The first-order valence-electron chi connectivity index (χ1n) is 6.83. The average molecular weight is 284 g/mol. The highest BCUT2D eigenvalue weighted by atomic mass is 35.5. The Hall–Kier alpha value is -0.870. The van der Waals surface area contributed by atoms with Gasteiger partial charge in [0.25, 0.3) is 0 Å². The van der Waals surface area contributed by atoms with E-state index in [4.69, 9.17) is 17.3 Å². The molecule has 1 heterocycles. The first-order chi connectivity index (χ1) is 8.83. The van der Waals surface area contributed by atoms with Crippen molar-refractivity contribution in [1.82, 2.24) is 9.78 Å². The third kappa shape index (κ3) is 2.84. The lowest BCUT2D eigenvalue weighted by Gasteiger charge is -2.35. The van der Waals surface area contributed by atoms with Crippen LogP contribution < -0.4 is 5.73 Å². The van der Waals surface area contributed by atoms with E-state index in [9.17, 15) is 4.79 Å². The summed E-state index contributed by atoms with van der Waals surface area (Å²) in [6.07, 6.45) is 4.06. The summed E-state index contributed by atoms with van der Waals surface area (Å²) in [5.41, 5.74) is 7.28.